The molecule has 0 spiro atoms. The maximum absolute atomic E-state index is 15.0. The molecule has 0 aliphatic carbocycles. The Kier molecular flexibility index (Phi) is 6.70. The fraction of sp³-hybridized carbons (Fsp3) is 0.286. The average Bonchev–Trinajstić information content (AvgIpc) is 3.04. The number of ether oxygens (including phenoxy) is 1. The highest BCUT2D eigenvalue weighted by Crippen LogP contribution is 2.29. The maximum atomic E-state index is 15.0. The minimum Gasteiger partial charge on any atom is -0.483 e. The number of rotatable bonds is 6. The van der Waals surface area contributed by atoms with Gasteiger partial charge in [0.2, 0.25) is 0 Å². The van der Waals surface area contributed by atoms with Crippen LogP contribution in [0.4, 0.5) is 32.0 Å². The zero-order chi connectivity index (χ0) is 26.3. The molecule has 0 aliphatic rings. The number of amides is 1. The lowest BCUT2D eigenvalue weighted by Gasteiger charge is -2.16. The van der Waals surface area contributed by atoms with E-state index in [1.807, 2.05) is 5.32 Å². The van der Waals surface area contributed by atoms with Gasteiger partial charge in [-0.25, -0.2) is 18.0 Å². The topological polar surface area (TPSA) is 98.4 Å². The largest absolute Gasteiger partial charge is 0.483 e. The molecule has 0 atom stereocenters. The molecule has 0 fully saturated rings. The summed E-state index contributed by atoms with van der Waals surface area (Å²) in [6.07, 6.45) is -4.87. The van der Waals surface area contributed by atoms with E-state index in [2.05, 4.69) is 9.84 Å². The summed E-state index contributed by atoms with van der Waals surface area (Å²) in [5.74, 6) is -6.11. The van der Waals surface area contributed by atoms with Crippen LogP contribution in [0.2, 0.25) is 0 Å². The number of aliphatic hydroxyl groups is 1. The first-order valence-corrected chi connectivity index (χ1v) is 9.78. The van der Waals surface area contributed by atoms with Gasteiger partial charge in [0.25, 0.3) is 5.91 Å². The number of anilines is 1. The van der Waals surface area contributed by atoms with Crippen molar-refractivity contribution < 1.29 is 41.0 Å². The summed E-state index contributed by atoms with van der Waals surface area (Å²) in [7, 11) is 1.23. The molecule has 0 bridgehead atoms. The molecule has 188 valence electrons. The number of alkyl halides is 3. The van der Waals surface area contributed by atoms with E-state index in [1.54, 1.807) is 0 Å². The first-order valence-electron chi connectivity index (χ1n) is 9.78. The first-order chi connectivity index (χ1) is 16.1. The Balaban J connectivity index is 2.14. The molecular weight excluding hydrogens is 486 g/mol. The van der Waals surface area contributed by atoms with E-state index < -0.39 is 70.1 Å². The van der Waals surface area contributed by atoms with Crippen molar-refractivity contribution in [3.63, 3.8) is 0 Å². The van der Waals surface area contributed by atoms with Crippen molar-refractivity contribution in [2.75, 3.05) is 11.9 Å². The van der Waals surface area contributed by atoms with Crippen LogP contribution in [0.15, 0.2) is 35.1 Å². The minimum atomic E-state index is -4.87. The highest BCUT2D eigenvalue weighted by Gasteiger charge is 2.31. The monoisotopic (exact) mass is 504 g/mol. The lowest BCUT2D eigenvalue weighted by Crippen LogP contribution is -2.26. The van der Waals surface area contributed by atoms with Gasteiger partial charge in [0, 0.05) is 13.1 Å². The Labute approximate surface area is 193 Å². The van der Waals surface area contributed by atoms with Gasteiger partial charge < -0.3 is 15.2 Å². The standard InChI is InChI=1S/C21H18F6N4O4/c1-20(2,34)18-29-31(19(33)30(18)3)14-8-15(35-9-21(25,26)27)10(7-13(14)24)17(32)28-16-11(22)5-4-6-12(16)23/h4-8,34H,9H2,1-3H3,(H,28,32). The number of benzene rings is 2. The van der Waals surface area contributed by atoms with E-state index >= 15 is 0 Å². The molecule has 0 saturated carbocycles. The van der Waals surface area contributed by atoms with E-state index in [-0.39, 0.29) is 5.82 Å². The van der Waals surface area contributed by atoms with Crippen molar-refractivity contribution in [2.45, 2.75) is 25.6 Å². The Hall–Kier alpha value is -3.81. The summed E-state index contributed by atoms with van der Waals surface area (Å²) in [5.41, 5.74) is -5.07. The lowest BCUT2D eigenvalue weighted by atomic mass is 10.1. The van der Waals surface area contributed by atoms with Crippen LogP contribution in [-0.2, 0) is 12.6 Å². The summed E-state index contributed by atoms with van der Waals surface area (Å²) in [5, 5.41) is 15.8. The van der Waals surface area contributed by atoms with E-state index in [1.165, 1.54) is 20.9 Å². The molecule has 3 rings (SSSR count). The van der Waals surface area contributed by atoms with Crippen LogP contribution in [0.5, 0.6) is 5.75 Å². The number of para-hydroxylation sites is 1. The third-order valence-corrected chi connectivity index (χ3v) is 4.64. The van der Waals surface area contributed by atoms with Crippen molar-refractivity contribution in [3.8, 4) is 11.4 Å². The molecule has 1 aromatic heterocycles. The maximum Gasteiger partial charge on any atom is 0.422 e. The van der Waals surface area contributed by atoms with Crippen LogP contribution >= 0.6 is 0 Å². The second kappa shape index (κ2) is 9.09. The van der Waals surface area contributed by atoms with Gasteiger partial charge in [0.05, 0.1) is 5.56 Å². The molecular formula is C21H18F6N4O4. The third-order valence-electron chi connectivity index (χ3n) is 4.64. The molecule has 0 unspecified atom stereocenters. The van der Waals surface area contributed by atoms with Crippen molar-refractivity contribution in [2.24, 2.45) is 7.05 Å². The van der Waals surface area contributed by atoms with Crippen molar-refractivity contribution >= 4 is 11.6 Å². The van der Waals surface area contributed by atoms with Crippen molar-refractivity contribution in [1.82, 2.24) is 14.3 Å². The van der Waals surface area contributed by atoms with Crippen LogP contribution < -0.4 is 15.7 Å². The van der Waals surface area contributed by atoms with Gasteiger partial charge in [-0.3, -0.25) is 9.36 Å². The molecule has 1 heterocycles. The van der Waals surface area contributed by atoms with Gasteiger partial charge in [0.15, 0.2) is 12.4 Å². The summed E-state index contributed by atoms with van der Waals surface area (Å²) in [6.45, 7) is 0.684. The number of hydrogen-bond acceptors (Lipinski definition) is 5. The van der Waals surface area contributed by atoms with Gasteiger partial charge in [-0.15, -0.1) is 5.10 Å². The van der Waals surface area contributed by atoms with E-state index in [9.17, 15) is 41.0 Å². The molecule has 0 saturated heterocycles. The minimum absolute atomic E-state index is 0.198. The quantitative estimate of drug-likeness (QED) is 0.502. The van der Waals surface area contributed by atoms with Crippen LogP contribution in [0.25, 0.3) is 5.69 Å². The van der Waals surface area contributed by atoms with Gasteiger partial charge in [-0.1, -0.05) is 6.07 Å². The Bertz CT molecular complexity index is 1320. The number of carbonyl (C=O) groups is 1. The molecule has 2 aromatic carbocycles. The zero-order valence-electron chi connectivity index (χ0n) is 18.4. The lowest BCUT2D eigenvalue weighted by molar-refractivity contribution is -0.153. The molecule has 14 heteroatoms. The van der Waals surface area contributed by atoms with Gasteiger partial charge >= 0.3 is 11.9 Å². The van der Waals surface area contributed by atoms with E-state index in [0.29, 0.717) is 16.8 Å². The molecule has 0 aliphatic heterocycles. The van der Waals surface area contributed by atoms with Crippen molar-refractivity contribution in [1.29, 1.82) is 0 Å². The first kappa shape index (κ1) is 25.8. The van der Waals surface area contributed by atoms with E-state index in [0.717, 1.165) is 22.8 Å². The van der Waals surface area contributed by atoms with Crippen LogP contribution in [0.3, 0.4) is 0 Å². The van der Waals surface area contributed by atoms with Crippen LogP contribution in [0, 0.1) is 17.5 Å². The fourth-order valence-electron chi connectivity index (χ4n) is 3.09. The third kappa shape index (κ3) is 5.48. The SMILES string of the molecule is Cn1c(C(C)(C)O)nn(-c2cc(OCC(F)(F)F)c(C(=O)Nc3c(F)cccc3F)cc2F)c1=O. The number of carbonyl (C=O) groups excluding carboxylic acids is 1. The smallest absolute Gasteiger partial charge is 0.422 e. The predicted octanol–water partition coefficient (Wildman–Crippen LogP) is 3.41. The Morgan fingerprint density at radius 1 is 1.11 bits per heavy atom. The molecule has 3 aromatic rings. The molecule has 35 heavy (non-hydrogen) atoms. The number of hydrogen-bond donors (Lipinski definition) is 2. The molecule has 2 N–H and O–H groups in total. The average molecular weight is 504 g/mol. The number of aromatic nitrogens is 3. The normalized spacial score (nSPS) is 12.1. The zero-order valence-corrected chi connectivity index (χ0v) is 18.4. The molecule has 0 radical (unpaired) electrons. The summed E-state index contributed by atoms with van der Waals surface area (Å²) in [6, 6.07) is 3.68. The highest BCUT2D eigenvalue weighted by molar-refractivity contribution is 6.06. The molecule has 8 nitrogen and oxygen atoms in total. The van der Waals surface area contributed by atoms with Gasteiger partial charge in [-0.05, 0) is 32.0 Å². The number of nitrogens with zero attached hydrogens (tertiary/aromatic N) is 3. The summed E-state index contributed by atoms with van der Waals surface area (Å²) in [4.78, 5) is 25.2. The Morgan fingerprint density at radius 3 is 2.23 bits per heavy atom. The number of nitrogens with one attached hydrogen (secondary N) is 1. The van der Waals surface area contributed by atoms with Gasteiger partial charge in [-0.2, -0.15) is 17.9 Å². The van der Waals surface area contributed by atoms with Crippen LogP contribution in [0.1, 0.15) is 30.0 Å². The second-order valence-corrected chi connectivity index (χ2v) is 7.89. The fourth-order valence-corrected chi connectivity index (χ4v) is 3.09. The van der Waals surface area contributed by atoms with Crippen molar-refractivity contribution in [3.05, 3.63) is 69.7 Å². The summed E-state index contributed by atoms with van der Waals surface area (Å²) < 4.78 is 87.1. The Morgan fingerprint density at radius 2 is 1.71 bits per heavy atom. The molecule has 1 amide bonds. The second-order valence-electron chi connectivity index (χ2n) is 7.89. The highest BCUT2D eigenvalue weighted by atomic mass is 19.4. The number of halogens is 6. The predicted molar refractivity (Wildman–Crippen MR) is 110 cm³/mol. The van der Waals surface area contributed by atoms with E-state index in [4.69, 9.17) is 0 Å². The van der Waals surface area contributed by atoms with Crippen LogP contribution in [-0.4, -0.2) is 38.1 Å². The summed E-state index contributed by atoms with van der Waals surface area (Å²) >= 11 is 0. The van der Waals surface area contributed by atoms with Gasteiger partial charge in [0.1, 0.15) is 40.2 Å².